The fourth-order valence-electron chi connectivity index (χ4n) is 0.999. The summed E-state index contributed by atoms with van der Waals surface area (Å²) in [4.78, 5) is 8.36. The average molecular weight is 212 g/mol. The maximum absolute atomic E-state index is 5.26. The van der Waals surface area contributed by atoms with Crippen LogP contribution in [0.15, 0.2) is 11.1 Å². The van der Waals surface area contributed by atoms with Gasteiger partial charge in [-0.3, -0.25) is 5.43 Å². The van der Waals surface area contributed by atoms with Crippen molar-refractivity contribution in [2.45, 2.75) is 31.7 Å². The second kappa shape index (κ2) is 5.82. The molecule has 0 aromatic carbocycles. The zero-order chi connectivity index (χ0) is 10.4. The molecule has 0 saturated carbocycles. The predicted octanol–water partition coefficient (Wildman–Crippen LogP) is 1.96. The third-order valence-electron chi connectivity index (χ3n) is 1.71. The van der Waals surface area contributed by atoms with Crippen molar-refractivity contribution >= 4 is 17.7 Å². The summed E-state index contributed by atoms with van der Waals surface area (Å²) in [6, 6.07) is 1.97. The molecule has 0 aliphatic carbocycles. The summed E-state index contributed by atoms with van der Waals surface area (Å²) in [5.41, 5.74) is 3.40. The van der Waals surface area contributed by atoms with Crippen LogP contribution in [0.4, 0.5) is 5.95 Å². The summed E-state index contributed by atoms with van der Waals surface area (Å²) in [6.07, 6.45) is 2.41. The van der Waals surface area contributed by atoms with E-state index in [2.05, 4.69) is 22.3 Å². The Hall–Kier alpha value is -0.810. The zero-order valence-corrected chi connectivity index (χ0v) is 9.40. The Morgan fingerprint density at radius 3 is 2.93 bits per heavy atom. The van der Waals surface area contributed by atoms with Crippen LogP contribution < -0.4 is 11.3 Å². The van der Waals surface area contributed by atoms with Crippen LogP contribution in [-0.4, -0.2) is 15.7 Å². The van der Waals surface area contributed by atoms with E-state index < -0.39 is 0 Å². The molecule has 4 nitrogen and oxygen atoms in total. The fraction of sp³-hybridized carbons (Fsp3) is 0.556. The summed E-state index contributed by atoms with van der Waals surface area (Å²) in [7, 11) is 0. The number of aromatic nitrogens is 2. The van der Waals surface area contributed by atoms with E-state index in [0.29, 0.717) is 5.95 Å². The molecule has 78 valence electrons. The van der Waals surface area contributed by atoms with E-state index in [0.717, 1.165) is 16.5 Å². The van der Waals surface area contributed by atoms with Gasteiger partial charge in [0.25, 0.3) is 0 Å². The topological polar surface area (TPSA) is 63.8 Å². The number of anilines is 1. The number of rotatable bonds is 5. The van der Waals surface area contributed by atoms with E-state index >= 15 is 0 Å². The molecule has 0 amide bonds. The maximum atomic E-state index is 5.26. The highest BCUT2D eigenvalue weighted by Crippen LogP contribution is 2.18. The van der Waals surface area contributed by atoms with Crippen LogP contribution in [-0.2, 0) is 0 Å². The van der Waals surface area contributed by atoms with Crippen LogP contribution in [0.25, 0.3) is 0 Å². The summed E-state index contributed by atoms with van der Waals surface area (Å²) in [5, 5.41) is 0.985. The first-order chi connectivity index (χ1) is 6.76. The standard InChI is InChI=1S/C9H16N4S/c1-3-4-5-14-8-6-7(2)11-9(12-8)13-10/h6H,3-5,10H2,1-2H3,(H,11,12,13). The first kappa shape index (κ1) is 11.3. The van der Waals surface area contributed by atoms with Gasteiger partial charge in [-0.1, -0.05) is 13.3 Å². The quantitative estimate of drug-likeness (QED) is 0.257. The van der Waals surface area contributed by atoms with Crippen molar-refractivity contribution in [2.24, 2.45) is 5.84 Å². The maximum Gasteiger partial charge on any atom is 0.238 e. The molecule has 0 fully saturated rings. The van der Waals surface area contributed by atoms with Crippen LogP contribution in [0.2, 0.25) is 0 Å². The SMILES string of the molecule is CCCCSc1cc(C)nc(NN)n1. The van der Waals surface area contributed by atoms with Gasteiger partial charge >= 0.3 is 0 Å². The van der Waals surface area contributed by atoms with Crippen molar-refractivity contribution in [1.82, 2.24) is 9.97 Å². The van der Waals surface area contributed by atoms with E-state index in [9.17, 15) is 0 Å². The molecule has 1 aromatic rings. The van der Waals surface area contributed by atoms with Gasteiger partial charge in [-0.15, -0.1) is 11.8 Å². The van der Waals surface area contributed by atoms with Gasteiger partial charge in [-0.25, -0.2) is 15.8 Å². The molecule has 0 atom stereocenters. The lowest BCUT2D eigenvalue weighted by Crippen LogP contribution is -2.11. The smallest absolute Gasteiger partial charge is 0.238 e. The fourth-order valence-corrected chi connectivity index (χ4v) is 2.05. The second-order valence-electron chi connectivity index (χ2n) is 3.02. The number of hydrogen-bond donors (Lipinski definition) is 2. The molecule has 1 heterocycles. The molecule has 0 radical (unpaired) electrons. The largest absolute Gasteiger partial charge is 0.292 e. The number of hydrazine groups is 1. The van der Waals surface area contributed by atoms with Crippen molar-refractivity contribution in [3.63, 3.8) is 0 Å². The second-order valence-corrected chi connectivity index (χ2v) is 4.13. The van der Waals surface area contributed by atoms with Gasteiger partial charge in [0, 0.05) is 5.69 Å². The number of nitrogens with one attached hydrogen (secondary N) is 1. The minimum atomic E-state index is 0.490. The van der Waals surface area contributed by atoms with Gasteiger partial charge in [0.2, 0.25) is 5.95 Å². The summed E-state index contributed by atoms with van der Waals surface area (Å²) in [6.45, 7) is 4.12. The molecule has 0 aliphatic rings. The third-order valence-corrected chi connectivity index (χ3v) is 2.71. The van der Waals surface area contributed by atoms with E-state index in [-0.39, 0.29) is 0 Å². The first-order valence-electron chi connectivity index (χ1n) is 4.71. The summed E-state index contributed by atoms with van der Waals surface area (Å²) >= 11 is 1.74. The highest BCUT2D eigenvalue weighted by molar-refractivity contribution is 7.99. The van der Waals surface area contributed by atoms with Crippen molar-refractivity contribution in [1.29, 1.82) is 0 Å². The monoisotopic (exact) mass is 212 g/mol. The molecular weight excluding hydrogens is 196 g/mol. The Morgan fingerprint density at radius 1 is 1.50 bits per heavy atom. The molecule has 1 rings (SSSR count). The Balaban J connectivity index is 2.62. The number of nitrogens with two attached hydrogens (primary N) is 1. The van der Waals surface area contributed by atoms with E-state index in [1.54, 1.807) is 11.8 Å². The zero-order valence-electron chi connectivity index (χ0n) is 8.58. The minimum Gasteiger partial charge on any atom is -0.292 e. The number of thioether (sulfide) groups is 1. The van der Waals surface area contributed by atoms with Crippen LogP contribution in [0.5, 0.6) is 0 Å². The number of nitrogen functional groups attached to an aromatic ring is 1. The van der Waals surface area contributed by atoms with Gasteiger partial charge < -0.3 is 0 Å². The molecule has 14 heavy (non-hydrogen) atoms. The molecule has 0 saturated heterocycles. The van der Waals surface area contributed by atoms with Crippen LogP contribution in [0.3, 0.4) is 0 Å². The Morgan fingerprint density at radius 2 is 2.29 bits per heavy atom. The van der Waals surface area contributed by atoms with E-state index in [1.807, 2.05) is 13.0 Å². The third kappa shape index (κ3) is 3.51. The molecule has 0 unspecified atom stereocenters. The average Bonchev–Trinajstić information content (AvgIpc) is 2.17. The van der Waals surface area contributed by atoms with Gasteiger partial charge in [0.05, 0.1) is 0 Å². The number of hydrogen-bond acceptors (Lipinski definition) is 5. The summed E-state index contributed by atoms with van der Waals surface area (Å²) in [5.74, 6) is 6.84. The van der Waals surface area contributed by atoms with Crippen molar-refractivity contribution in [3.05, 3.63) is 11.8 Å². The molecule has 0 aliphatic heterocycles. The Labute approximate surface area is 88.7 Å². The van der Waals surface area contributed by atoms with Gasteiger partial charge in [-0.2, -0.15) is 0 Å². The van der Waals surface area contributed by atoms with Crippen LogP contribution >= 0.6 is 11.8 Å². The number of nitrogens with zero attached hydrogens (tertiary/aromatic N) is 2. The van der Waals surface area contributed by atoms with Crippen LogP contribution in [0.1, 0.15) is 25.5 Å². The lowest BCUT2D eigenvalue weighted by molar-refractivity contribution is 0.893. The first-order valence-corrected chi connectivity index (χ1v) is 5.70. The highest BCUT2D eigenvalue weighted by Gasteiger charge is 2.00. The van der Waals surface area contributed by atoms with Crippen LogP contribution in [0, 0.1) is 6.92 Å². The predicted molar refractivity (Wildman–Crippen MR) is 60.2 cm³/mol. The molecule has 0 spiro atoms. The summed E-state index contributed by atoms with van der Waals surface area (Å²) < 4.78 is 0. The number of aryl methyl sites for hydroxylation is 1. The van der Waals surface area contributed by atoms with Crippen molar-refractivity contribution in [3.8, 4) is 0 Å². The molecular formula is C9H16N4S. The Bertz CT molecular complexity index is 290. The molecule has 5 heteroatoms. The number of unbranched alkanes of at least 4 members (excludes halogenated alkanes) is 1. The van der Waals surface area contributed by atoms with Crippen molar-refractivity contribution < 1.29 is 0 Å². The molecule has 1 aromatic heterocycles. The molecule has 3 N–H and O–H groups in total. The molecule has 0 bridgehead atoms. The van der Waals surface area contributed by atoms with Gasteiger partial charge in [0.1, 0.15) is 5.03 Å². The Kier molecular flexibility index (Phi) is 4.69. The highest BCUT2D eigenvalue weighted by atomic mass is 32.2. The van der Waals surface area contributed by atoms with Crippen molar-refractivity contribution in [2.75, 3.05) is 11.2 Å². The lowest BCUT2D eigenvalue weighted by Gasteiger charge is -2.04. The van der Waals surface area contributed by atoms with Gasteiger partial charge in [0.15, 0.2) is 0 Å². The normalized spacial score (nSPS) is 10.2. The minimum absolute atomic E-state index is 0.490. The van der Waals surface area contributed by atoms with Gasteiger partial charge in [-0.05, 0) is 25.2 Å². The van der Waals surface area contributed by atoms with E-state index in [4.69, 9.17) is 5.84 Å². The lowest BCUT2D eigenvalue weighted by atomic mass is 10.4. The van der Waals surface area contributed by atoms with E-state index in [1.165, 1.54) is 12.8 Å².